The number of benzene rings is 1. The van der Waals surface area contributed by atoms with Gasteiger partial charge in [-0.25, -0.2) is 4.98 Å². The average molecular weight is 352 g/mol. The lowest BCUT2D eigenvalue weighted by Gasteiger charge is -2.17. The maximum Gasteiger partial charge on any atom is 0.227 e. The van der Waals surface area contributed by atoms with E-state index < -0.39 is 0 Å². The minimum Gasteiger partial charge on any atom is -0.346 e. The molecule has 0 saturated heterocycles. The molecule has 1 aliphatic carbocycles. The van der Waals surface area contributed by atoms with Crippen molar-refractivity contribution in [1.82, 2.24) is 30.2 Å². The molecular weight excluding hydrogens is 332 g/mol. The van der Waals surface area contributed by atoms with Crippen molar-refractivity contribution in [2.45, 2.75) is 31.7 Å². The second-order valence-corrected chi connectivity index (χ2v) is 6.50. The van der Waals surface area contributed by atoms with Gasteiger partial charge in [0.25, 0.3) is 0 Å². The smallest absolute Gasteiger partial charge is 0.227 e. The fourth-order valence-corrected chi connectivity index (χ4v) is 2.94. The maximum absolute atomic E-state index is 12.4. The number of carbonyl (C=O) groups is 1. The summed E-state index contributed by atoms with van der Waals surface area (Å²) in [6.45, 7) is 0. The quantitative estimate of drug-likeness (QED) is 0.699. The number of carbonyl (C=O) groups excluding carboxylic acids is 1. The Morgan fingerprint density at radius 2 is 2.15 bits per heavy atom. The number of aromatic nitrogens is 5. The van der Waals surface area contributed by atoms with Crippen LogP contribution >= 0.6 is 0 Å². The fourth-order valence-electron chi connectivity index (χ4n) is 2.94. The summed E-state index contributed by atoms with van der Waals surface area (Å²) in [5.41, 5.74) is 0.892. The number of nitrogens with zero attached hydrogens (tertiary/aromatic N) is 5. The minimum absolute atomic E-state index is 0.0515. The Morgan fingerprint density at radius 3 is 2.85 bits per heavy atom. The Hall–Kier alpha value is -3.03. The summed E-state index contributed by atoms with van der Waals surface area (Å²) < 4.78 is 6.97. The molecule has 0 bridgehead atoms. The molecule has 8 nitrogen and oxygen atoms in total. The molecule has 134 valence electrons. The molecule has 0 unspecified atom stereocenters. The first-order valence-corrected chi connectivity index (χ1v) is 8.72. The van der Waals surface area contributed by atoms with E-state index in [0.29, 0.717) is 24.1 Å². The monoisotopic (exact) mass is 352 g/mol. The highest BCUT2D eigenvalue weighted by Gasteiger charge is 2.36. The fraction of sp³-hybridized carbons (Fsp3) is 0.389. The molecule has 2 aromatic heterocycles. The van der Waals surface area contributed by atoms with Gasteiger partial charge in [-0.05, 0) is 18.8 Å². The number of rotatable bonds is 7. The van der Waals surface area contributed by atoms with Crippen molar-refractivity contribution < 1.29 is 9.32 Å². The second kappa shape index (κ2) is 7.07. The standard InChI is InChI=1S/C18H20N6O2/c1-24-18(19-11-20-24)16(12-7-8-12)21-14(25)9-10-15-22-17(23-26-15)13-5-3-2-4-6-13/h2-6,11-12,16H,7-10H2,1H3,(H,21,25)/t16-/m1/s1. The Bertz CT molecular complexity index is 884. The molecule has 1 N–H and O–H groups in total. The van der Waals surface area contributed by atoms with E-state index in [1.54, 1.807) is 4.68 Å². The van der Waals surface area contributed by atoms with Crippen molar-refractivity contribution in [3.05, 3.63) is 48.4 Å². The first-order valence-electron chi connectivity index (χ1n) is 8.72. The first kappa shape index (κ1) is 16.4. The van der Waals surface area contributed by atoms with E-state index >= 15 is 0 Å². The van der Waals surface area contributed by atoms with Crippen molar-refractivity contribution >= 4 is 5.91 Å². The molecule has 0 radical (unpaired) electrons. The van der Waals surface area contributed by atoms with Crippen LogP contribution in [0.5, 0.6) is 0 Å². The molecule has 1 atom stereocenters. The highest BCUT2D eigenvalue weighted by atomic mass is 16.5. The van der Waals surface area contributed by atoms with Gasteiger partial charge in [0.2, 0.25) is 17.6 Å². The lowest BCUT2D eigenvalue weighted by Crippen LogP contribution is -2.32. The molecule has 2 heterocycles. The third kappa shape index (κ3) is 3.63. The SMILES string of the molecule is Cn1ncnc1[C@H](NC(=O)CCc1nc(-c2ccccc2)no1)C1CC1. The largest absolute Gasteiger partial charge is 0.346 e. The zero-order chi connectivity index (χ0) is 17.9. The van der Waals surface area contributed by atoms with Crippen LogP contribution in [0, 0.1) is 5.92 Å². The Labute approximate surface area is 150 Å². The van der Waals surface area contributed by atoms with Crippen molar-refractivity contribution in [2.24, 2.45) is 13.0 Å². The number of amides is 1. The summed E-state index contributed by atoms with van der Waals surface area (Å²) >= 11 is 0. The third-order valence-electron chi connectivity index (χ3n) is 4.50. The molecule has 1 aliphatic rings. The Balaban J connectivity index is 1.35. The van der Waals surface area contributed by atoms with Crippen LogP contribution in [-0.2, 0) is 18.3 Å². The molecule has 0 spiro atoms. The summed E-state index contributed by atoms with van der Waals surface area (Å²) in [5, 5.41) is 11.2. The molecule has 1 amide bonds. The molecule has 26 heavy (non-hydrogen) atoms. The van der Waals surface area contributed by atoms with Crippen LogP contribution in [0.1, 0.15) is 37.0 Å². The molecule has 1 saturated carbocycles. The minimum atomic E-state index is -0.0856. The molecule has 1 aromatic carbocycles. The molecule has 0 aliphatic heterocycles. The predicted molar refractivity (Wildman–Crippen MR) is 92.7 cm³/mol. The van der Waals surface area contributed by atoms with Crippen LogP contribution in [0.2, 0.25) is 0 Å². The van der Waals surface area contributed by atoms with Crippen molar-refractivity contribution in [2.75, 3.05) is 0 Å². The highest BCUT2D eigenvalue weighted by molar-refractivity contribution is 5.76. The van der Waals surface area contributed by atoms with Gasteiger partial charge in [-0.15, -0.1) is 0 Å². The molecular formula is C18H20N6O2. The molecule has 3 aromatic rings. The van der Waals surface area contributed by atoms with E-state index in [1.165, 1.54) is 6.33 Å². The molecule has 4 rings (SSSR count). The third-order valence-corrected chi connectivity index (χ3v) is 4.50. The number of nitrogens with one attached hydrogen (secondary N) is 1. The van der Waals surface area contributed by atoms with Crippen LogP contribution in [0.4, 0.5) is 0 Å². The van der Waals surface area contributed by atoms with Gasteiger partial charge in [0.05, 0.1) is 6.04 Å². The lowest BCUT2D eigenvalue weighted by molar-refractivity contribution is -0.122. The number of hydrogen-bond donors (Lipinski definition) is 1. The summed E-state index contributed by atoms with van der Waals surface area (Å²) in [6, 6.07) is 9.53. The van der Waals surface area contributed by atoms with Gasteiger partial charge >= 0.3 is 0 Å². The average Bonchev–Trinajstić information content (AvgIpc) is 3.24. The van der Waals surface area contributed by atoms with Crippen molar-refractivity contribution in [3.63, 3.8) is 0 Å². The maximum atomic E-state index is 12.4. The van der Waals surface area contributed by atoms with E-state index in [2.05, 4.69) is 25.5 Å². The Kier molecular flexibility index (Phi) is 4.47. The van der Waals surface area contributed by atoms with Gasteiger partial charge in [-0.1, -0.05) is 35.5 Å². The molecule has 8 heteroatoms. The van der Waals surface area contributed by atoms with Crippen LogP contribution in [0.25, 0.3) is 11.4 Å². The van der Waals surface area contributed by atoms with Crippen LogP contribution < -0.4 is 5.32 Å². The zero-order valence-corrected chi connectivity index (χ0v) is 14.5. The summed E-state index contributed by atoms with van der Waals surface area (Å²) in [6.07, 6.45) is 4.41. The lowest BCUT2D eigenvalue weighted by atomic mass is 10.1. The van der Waals surface area contributed by atoms with Gasteiger partial charge in [0, 0.05) is 25.5 Å². The number of hydrogen-bond acceptors (Lipinski definition) is 6. The summed E-state index contributed by atoms with van der Waals surface area (Å²) in [5.74, 6) is 2.18. The van der Waals surface area contributed by atoms with E-state index in [-0.39, 0.29) is 18.4 Å². The van der Waals surface area contributed by atoms with Crippen LogP contribution in [0.15, 0.2) is 41.2 Å². The number of aryl methyl sites for hydroxylation is 2. The molecule has 1 fully saturated rings. The van der Waals surface area contributed by atoms with Crippen molar-refractivity contribution in [3.8, 4) is 11.4 Å². The van der Waals surface area contributed by atoms with Crippen LogP contribution in [-0.4, -0.2) is 30.8 Å². The van der Waals surface area contributed by atoms with Gasteiger partial charge in [-0.3, -0.25) is 9.48 Å². The van der Waals surface area contributed by atoms with E-state index in [0.717, 1.165) is 24.2 Å². The van der Waals surface area contributed by atoms with Gasteiger partial charge in [0.1, 0.15) is 12.2 Å². The highest BCUT2D eigenvalue weighted by Crippen LogP contribution is 2.40. The van der Waals surface area contributed by atoms with E-state index in [1.807, 2.05) is 37.4 Å². The second-order valence-electron chi connectivity index (χ2n) is 6.50. The first-order chi connectivity index (χ1) is 12.7. The van der Waals surface area contributed by atoms with E-state index in [4.69, 9.17) is 4.52 Å². The summed E-state index contributed by atoms with van der Waals surface area (Å²) in [7, 11) is 1.84. The van der Waals surface area contributed by atoms with Gasteiger partial charge in [0.15, 0.2) is 0 Å². The van der Waals surface area contributed by atoms with Gasteiger partial charge < -0.3 is 9.84 Å². The predicted octanol–water partition coefficient (Wildman–Crippen LogP) is 2.07. The van der Waals surface area contributed by atoms with Crippen LogP contribution in [0.3, 0.4) is 0 Å². The normalized spacial score (nSPS) is 15.0. The topological polar surface area (TPSA) is 98.7 Å². The Morgan fingerprint density at radius 1 is 1.35 bits per heavy atom. The zero-order valence-electron chi connectivity index (χ0n) is 14.5. The van der Waals surface area contributed by atoms with Gasteiger partial charge in [-0.2, -0.15) is 10.1 Å². The summed E-state index contributed by atoms with van der Waals surface area (Å²) in [4.78, 5) is 21.0. The van der Waals surface area contributed by atoms with E-state index in [9.17, 15) is 4.79 Å². The van der Waals surface area contributed by atoms with Crippen molar-refractivity contribution in [1.29, 1.82) is 0 Å².